The quantitative estimate of drug-likeness (QED) is 0.338. The molecule has 188 valence electrons. The van der Waals surface area contributed by atoms with Gasteiger partial charge in [0.05, 0.1) is 12.1 Å². The summed E-state index contributed by atoms with van der Waals surface area (Å²) in [4.78, 5) is 16.1. The van der Waals surface area contributed by atoms with Crippen molar-refractivity contribution in [2.45, 2.75) is 129 Å². The van der Waals surface area contributed by atoms with E-state index in [1.54, 1.807) is 0 Å². The molecule has 1 saturated heterocycles. The topological polar surface area (TPSA) is 38.8 Å². The van der Waals surface area contributed by atoms with Gasteiger partial charge in [0.25, 0.3) is 5.91 Å². The van der Waals surface area contributed by atoms with Crippen LogP contribution in [0.2, 0.25) is 36.3 Å². The third kappa shape index (κ3) is 6.59. The average molecular weight is 492 g/mol. The number of carbonyl (C=O) groups excluding carboxylic acids is 1. The van der Waals surface area contributed by atoms with E-state index < -0.39 is 22.7 Å². The smallest absolute Gasteiger partial charge is 0.253 e. The van der Waals surface area contributed by atoms with Crippen LogP contribution in [0.25, 0.3) is 0 Å². The van der Waals surface area contributed by atoms with E-state index in [-0.39, 0.29) is 28.1 Å². The maximum atomic E-state index is 14.0. The highest BCUT2D eigenvalue weighted by Gasteiger charge is 2.55. The molecule has 1 aromatic carbocycles. The van der Waals surface area contributed by atoms with Gasteiger partial charge in [-0.1, -0.05) is 91.6 Å². The van der Waals surface area contributed by atoms with Gasteiger partial charge in [-0.3, -0.25) is 4.79 Å². The molecule has 1 aliphatic rings. The lowest BCUT2D eigenvalue weighted by atomic mass is 10.0. The fourth-order valence-corrected chi connectivity index (χ4v) is 6.36. The molecule has 6 heteroatoms. The second-order valence-corrected chi connectivity index (χ2v) is 22.3. The molecule has 33 heavy (non-hydrogen) atoms. The Morgan fingerprint density at radius 3 is 1.88 bits per heavy atom. The van der Waals surface area contributed by atoms with E-state index >= 15 is 0 Å². The Morgan fingerprint density at radius 2 is 1.39 bits per heavy atom. The highest BCUT2D eigenvalue weighted by atomic mass is 28.4. The molecular formula is C27H49NO3Si2. The largest absolute Gasteiger partial charge is 0.409 e. The summed E-state index contributed by atoms with van der Waals surface area (Å²) < 4.78 is 13.9. The Hall–Kier alpha value is -0.956. The molecule has 0 unspecified atom stereocenters. The van der Waals surface area contributed by atoms with Crippen molar-refractivity contribution in [3.8, 4) is 0 Å². The molecule has 1 heterocycles. The fraction of sp³-hybridized carbons (Fsp3) is 0.741. The number of hydrogen-bond donors (Lipinski definition) is 0. The summed E-state index contributed by atoms with van der Waals surface area (Å²) in [6.45, 7) is 25.4. The number of nitrogens with zero attached hydrogens (tertiary/aromatic N) is 1. The van der Waals surface area contributed by atoms with Crippen molar-refractivity contribution in [3.05, 3.63) is 35.9 Å². The Bertz CT molecular complexity index is 781. The van der Waals surface area contributed by atoms with Gasteiger partial charge in [-0.05, 0) is 48.2 Å². The molecule has 1 aliphatic heterocycles. The zero-order chi connectivity index (χ0) is 25.2. The van der Waals surface area contributed by atoms with Gasteiger partial charge in [0, 0.05) is 6.54 Å². The third-order valence-electron chi connectivity index (χ3n) is 8.12. The molecule has 1 amide bonds. The molecule has 0 bridgehead atoms. The molecule has 3 atom stereocenters. The van der Waals surface area contributed by atoms with Crippen molar-refractivity contribution >= 4 is 22.5 Å². The van der Waals surface area contributed by atoms with E-state index in [4.69, 9.17) is 8.85 Å². The van der Waals surface area contributed by atoms with Crippen LogP contribution in [-0.2, 0) is 20.2 Å². The van der Waals surface area contributed by atoms with Crippen molar-refractivity contribution in [1.82, 2.24) is 4.90 Å². The van der Waals surface area contributed by atoms with Gasteiger partial charge in [0.1, 0.15) is 0 Å². The molecule has 4 nitrogen and oxygen atoms in total. The van der Waals surface area contributed by atoms with E-state index in [1.165, 1.54) is 0 Å². The molecule has 0 radical (unpaired) electrons. The Morgan fingerprint density at radius 1 is 0.879 bits per heavy atom. The molecule has 1 aromatic rings. The SMILES string of the molecule is CCCC[C@H]1[C@H](O[Si](C)(C)C(C)(C)C)[C@@H](O[Si](C)(C)C(C)(C)C)C(=O)N1Cc1ccccc1. The second-order valence-electron chi connectivity index (χ2n) is 12.8. The van der Waals surface area contributed by atoms with Crippen LogP contribution in [0.5, 0.6) is 0 Å². The van der Waals surface area contributed by atoms with Gasteiger partial charge < -0.3 is 13.8 Å². The summed E-state index contributed by atoms with van der Waals surface area (Å²) in [5.74, 6) is 0.105. The first-order valence-electron chi connectivity index (χ1n) is 12.7. The number of rotatable bonds is 9. The molecule has 0 N–H and O–H groups in total. The van der Waals surface area contributed by atoms with Gasteiger partial charge in [-0.25, -0.2) is 0 Å². The van der Waals surface area contributed by atoms with Crippen molar-refractivity contribution in [2.75, 3.05) is 0 Å². The number of benzene rings is 1. The predicted molar refractivity (Wildman–Crippen MR) is 144 cm³/mol. The molecule has 0 spiro atoms. The summed E-state index contributed by atoms with van der Waals surface area (Å²) >= 11 is 0. The summed E-state index contributed by atoms with van der Waals surface area (Å²) in [6.07, 6.45) is 2.39. The van der Waals surface area contributed by atoms with Crippen molar-refractivity contribution < 1.29 is 13.6 Å². The van der Waals surface area contributed by atoms with Gasteiger partial charge in [0.15, 0.2) is 22.7 Å². The van der Waals surface area contributed by atoms with Gasteiger partial charge >= 0.3 is 0 Å². The van der Waals surface area contributed by atoms with Crippen LogP contribution in [0.4, 0.5) is 0 Å². The van der Waals surface area contributed by atoms with Crippen molar-refractivity contribution in [2.24, 2.45) is 0 Å². The normalized spacial score (nSPS) is 22.8. The van der Waals surface area contributed by atoms with Gasteiger partial charge in [-0.15, -0.1) is 0 Å². The van der Waals surface area contributed by atoms with Crippen LogP contribution in [0.15, 0.2) is 30.3 Å². The minimum Gasteiger partial charge on any atom is -0.409 e. The molecule has 0 aliphatic carbocycles. The number of unbranched alkanes of at least 4 members (excludes halogenated alkanes) is 1. The van der Waals surface area contributed by atoms with Crippen LogP contribution in [0, 0.1) is 0 Å². The van der Waals surface area contributed by atoms with Crippen molar-refractivity contribution in [1.29, 1.82) is 0 Å². The maximum Gasteiger partial charge on any atom is 0.253 e. The van der Waals surface area contributed by atoms with Gasteiger partial charge in [-0.2, -0.15) is 0 Å². The molecule has 0 aromatic heterocycles. The van der Waals surface area contributed by atoms with E-state index in [2.05, 4.69) is 91.7 Å². The number of hydrogen-bond acceptors (Lipinski definition) is 3. The summed E-state index contributed by atoms with van der Waals surface area (Å²) in [5.41, 5.74) is 1.16. The van der Waals surface area contributed by atoms with E-state index in [0.717, 1.165) is 24.8 Å². The highest BCUT2D eigenvalue weighted by molar-refractivity contribution is 6.74. The lowest BCUT2D eigenvalue weighted by Crippen LogP contribution is -2.53. The monoisotopic (exact) mass is 491 g/mol. The van der Waals surface area contributed by atoms with Crippen LogP contribution >= 0.6 is 0 Å². The Balaban J connectivity index is 2.50. The fourth-order valence-electron chi connectivity index (χ4n) is 3.82. The first-order chi connectivity index (χ1) is 15.0. The summed E-state index contributed by atoms with van der Waals surface area (Å²) in [6, 6.07) is 10.4. The first-order valence-corrected chi connectivity index (χ1v) is 18.5. The minimum atomic E-state index is -2.17. The van der Waals surface area contributed by atoms with Crippen LogP contribution in [0.1, 0.15) is 73.3 Å². The Labute approximate surface area is 205 Å². The zero-order valence-electron chi connectivity index (χ0n) is 23.1. The number of amides is 1. The van der Waals surface area contributed by atoms with Crippen molar-refractivity contribution in [3.63, 3.8) is 0 Å². The average Bonchev–Trinajstić information content (AvgIpc) is 2.90. The lowest BCUT2D eigenvalue weighted by Gasteiger charge is -2.43. The summed E-state index contributed by atoms with van der Waals surface area (Å²) in [7, 11) is -4.28. The number of likely N-dealkylation sites (tertiary alicyclic amines) is 1. The van der Waals surface area contributed by atoms with Crippen LogP contribution in [0.3, 0.4) is 0 Å². The Kier molecular flexibility index (Phi) is 8.87. The summed E-state index contributed by atoms with van der Waals surface area (Å²) in [5, 5.41) is 0.0975. The standard InChI is InChI=1S/C27H49NO3Si2/c1-12-13-19-22-23(30-32(8,9)26(2,3)4)24(31-33(10,11)27(5,6)7)25(29)28(22)20-21-17-15-14-16-18-21/h14-18,22-24H,12-13,19-20H2,1-11H3/t22-,23-,24+/m0/s1. The van der Waals surface area contributed by atoms with Gasteiger partial charge in [0.2, 0.25) is 0 Å². The molecule has 1 fully saturated rings. The third-order valence-corrected chi connectivity index (χ3v) is 17.0. The second kappa shape index (κ2) is 10.3. The lowest BCUT2D eigenvalue weighted by molar-refractivity contribution is -0.135. The minimum absolute atomic E-state index is 0.0283. The first kappa shape index (κ1) is 28.3. The van der Waals surface area contributed by atoms with E-state index in [9.17, 15) is 4.79 Å². The van der Waals surface area contributed by atoms with E-state index in [1.807, 2.05) is 18.2 Å². The zero-order valence-corrected chi connectivity index (χ0v) is 25.1. The van der Waals surface area contributed by atoms with E-state index in [0.29, 0.717) is 6.54 Å². The molecular weight excluding hydrogens is 442 g/mol. The molecule has 0 saturated carbocycles. The molecule has 2 rings (SSSR count). The maximum absolute atomic E-state index is 14.0. The predicted octanol–water partition coefficient (Wildman–Crippen LogP) is 7.37. The number of carbonyl (C=O) groups is 1. The highest BCUT2D eigenvalue weighted by Crippen LogP contribution is 2.44. The van der Waals surface area contributed by atoms with Crippen LogP contribution in [-0.4, -0.2) is 45.7 Å². The van der Waals surface area contributed by atoms with Crippen LogP contribution < -0.4 is 0 Å².